The predicted molar refractivity (Wildman–Crippen MR) is 65.0 cm³/mol. The molecule has 5 nitrogen and oxygen atoms in total. The van der Waals surface area contributed by atoms with Crippen LogP contribution in [0.3, 0.4) is 0 Å². The minimum atomic E-state index is -0.0979. The fourth-order valence-corrected chi connectivity index (χ4v) is 2.13. The lowest BCUT2D eigenvalue weighted by atomic mass is 9.87. The zero-order valence-electron chi connectivity index (χ0n) is 10.1. The van der Waals surface area contributed by atoms with E-state index in [0.29, 0.717) is 17.7 Å². The van der Waals surface area contributed by atoms with Crippen LogP contribution in [0.1, 0.15) is 25.7 Å². The summed E-state index contributed by atoms with van der Waals surface area (Å²) < 4.78 is 5.04. The molecule has 17 heavy (non-hydrogen) atoms. The number of hydrogen-bond donors (Lipinski definition) is 2. The van der Waals surface area contributed by atoms with Crippen LogP contribution in [0.25, 0.3) is 0 Å². The van der Waals surface area contributed by atoms with Crippen LogP contribution in [0.4, 0.5) is 5.95 Å². The van der Waals surface area contributed by atoms with Gasteiger partial charge in [-0.15, -0.1) is 0 Å². The monoisotopic (exact) mass is 237 g/mol. The third kappa shape index (κ3) is 3.56. The van der Waals surface area contributed by atoms with Gasteiger partial charge in [-0.05, 0) is 31.6 Å². The Kier molecular flexibility index (Phi) is 4.14. The third-order valence-electron chi connectivity index (χ3n) is 3.20. The summed E-state index contributed by atoms with van der Waals surface area (Å²) >= 11 is 0. The zero-order chi connectivity index (χ0) is 12.1. The highest BCUT2D eigenvalue weighted by Crippen LogP contribution is 2.24. The first-order chi connectivity index (χ1) is 8.28. The average Bonchev–Trinajstić information content (AvgIpc) is 2.38. The molecule has 1 aromatic rings. The van der Waals surface area contributed by atoms with Crippen molar-refractivity contribution in [3.8, 4) is 5.88 Å². The Balaban J connectivity index is 1.81. The molecule has 0 atom stereocenters. The lowest BCUT2D eigenvalue weighted by molar-refractivity contribution is 0.111. The van der Waals surface area contributed by atoms with Gasteiger partial charge in [-0.1, -0.05) is 0 Å². The van der Waals surface area contributed by atoms with Crippen molar-refractivity contribution in [1.29, 1.82) is 0 Å². The minimum Gasteiger partial charge on any atom is -0.481 e. The van der Waals surface area contributed by atoms with E-state index in [1.54, 1.807) is 19.4 Å². The molecule has 0 aromatic carbocycles. The topological polar surface area (TPSA) is 67.3 Å². The predicted octanol–water partition coefficient (Wildman–Crippen LogP) is 1.45. The van der Waals surface area contributed by atoms with E-state index in [0.717, 1.165) is 32.2 Å². The molecule has 0 bridgehead atoms. The number of aromatic nitrogens is 2. The number of aliphatic hydroxyl groups is 1. The molecule has 2 rings (SSSR count). The summed E-state index contributed by atoms with van der Waals surface area (Å²) in [4.78, 5) is 8.33. The number of methoxy groups -OCH3 is 1. The van der Waals surface area contributed by atoms with Crippen LogP contribution < -0.4 is 10.1 Å². The standard InChI is InChI=1S/C12H19N3O2/c1-17-11-6-7-13-12(15-11)14-8-9-2-4-10(16)5-3-9/h6-7,9-10,16H,2-5,8H2,1H3,(H,13,14,15). The van der Waals surface area contributed by atoms with Crippen LogP contribution in [0.2, 0.25) is 0 Å². The molecular weight excluding hydrogens is 218 g/mol. The summed E-state index contributed by atoms with van der Waals surface area (Å²) in [5.74, 6) is 1.78. The van der Waals surface area contributed by atoms with Gasteiger partial charge < -0.3 is 15.2 Å². The maximum atomic E-state index is 9.42. The van der Waals surface area contributed by atoms with Crippen LogP contribution >= 0.6 is 0 Å². The summed E-state index contributed by atoms with van der Waals surface area (Å²) in [6.07, 6.45) is 5.53. The average molecular weight is 237 g/mol. The van der Waals surface area contributed by atoms with Crippen molar-refractivity contribution in [2.75, 3.05) is 19.0 Å². The van der Waals surface area contributed by atoms with Crippen molar-refractivity contribution in [3.63, 3.8) is 0 Å². The summed E-state index contributed by atoms with van der Waals surface area (Å²) in [6, 6.07) is 1.72. The molecule has 94 valence electrons. The van der Waals surface area contributed by atoms with Crippen LogP contribution in [0.15, 0.2) is 12.3 Å². The van der Waals surface area contributed by atoms with Crippen molar-refractivity contribution in [2.24, 2.45) is 5.92 Å². The quantitative estimate of drug-likeness (QED) is 0.829. The SMILES string of the molecule is COc1ccnc(NCC2CCC(O)CC2)n1. The van der Waals surface area contributed by atoms with Crippen molar-refractivity contribution in [1.82, 2.24) is 9.97 Å². The van der Waals surface area contributed by atoms with Crippen LogP contribution in [0.5, 0.6) is 5.88 Å². The van der Waals surface area contributed by atoms with Gasteiger partial charge in [-0.2, -0.15) is 4.98 Å². The Hall–Kier alpha value is -1.36. The Labute approximate surface area is 101 Å². The van der Waals surface area contributed by atoms with Crippen LogP contribution in [0, 0.1) is 5.92 Å². The molecule has 1 saturated carbocycles. The van der Waals surface area contributed by atoms with Gasteiger partial charge >= 0.3 is 0 Å². The van der Waals surface area contributed by atoms with Crippen molar-refractivity contribution >= 4 is 5.95 Å². The number of hydrogen-bond acceptors (Lipinski definition) is 5. The van der Waals surface area contributed by atoms with E-state index in [1.807, 2.05) is 0 Å². The van der Waals surface area contributed by atoms with Crippen molar-refractivity contribution in [2.45, 2.75) is 31.8 Å². The normalized spacial score (nSPS) is 24.4. The first-order valence-corrected chi connectivity index (χ1v) is 6.07. The number of nitrogens with zero attached hydrogens (tertiary/aromatic N) is 2. The maximum Gasteiger partial charge on any atom is 0.225 e. The molecule has 0 unspecified atom stereocenters. The summed E-state index contributed by atoms with van der Waals surface area (Å²) in [6.45, 7) is 0.861. The van der Waals surface area contributed by atoms with Gasteiger partial charge in [0.05, 0.1) is 13.2 Å². The molecule has 1 aliphatic carbocycles. The number of ether oxygens (including phenoxy) is 1. The van der Waals surface area contributed by atoms with E-state index in [9.17, 15) is 5.11 Å². The third-order valence-corrected chi connectivity index (χ3v) is 3.20. The molecule has 0 saturated heterocycles. The van der Waals surface area contributed by atoms with Crippen molar-refractivity contribution < 1.29 is 9.84 Å². The number of aliphatic hydroxyl groups excluding tert-OH is 1. The highest BCUT2D eigenvalue weighted by atomic mass is 16.5. The molecule has 0 amide bonds. The second-order valence-corrected chi connectivity index (χ2v) is 4.48. The van der Waals surface area contributed by atoms with Gasteiger partial charge in [0.1, 0.15) is 0 Å². The Morgan fingerprint density at radius 3 is 2.88 bits per heavy atom. The Morgan fingerprint density at radius 1 is 1.41 bits per heavy atom. The lowest BCUT2D eigenvalue weighted by Crippen LogP contribution is -2.24. The van der Waals surface area contributed by atoms with Gasteiger partial charge in [0, 0.05) is 18.8 Å². The molecule has 2 N–H and O–H groups in total. The molecule has 1 aromatic heterocycles. The summed E-state index contributed by atoms with van der Waals surface area (Å²) in [5, 5.41) is 12.6. The minimum absolute atomic E-state index is 0.0979. The zero-order valence-corrected chi connectivity index (χ0v) is 10.1. The van der Waals surface area contributed by atoms with E-state index in [1.165, 1.54) is 0 Å². The van der Waals surface area contributed by atoms with Crippen LogP contribution in [-0.4, -0.2) is 34.8 Å². The summed E-state index contributed by atoms with van der Waals surface area (Å²) in [5.41, 5.74) is 0. The van der Waals surface area contributed by atoms with Gasteiger partial charge in [-0.3, -0.25) is 0 Å². The largest absolute Gasteiger partial charge is 0.481 e. The highest BCUT2D eigenvalue weighted by molar-refractivity contribution is 5.27. The number of nitrogens with one attached hydrogen (secondary N) is 1. The number of rotatable bonds is 4. The molecule has 0 radical (unpaired) electrons. The summed E-state index contributed by atoms with van der Waals surface area (Å²) in [7, 11) is 1.59. The molecule has 5 heteroatoms. The van der Waals surface area contributed by atoms with E-state index in [4.69, 9.17) is 4.74 Å². The fourth-order valence-electron chi connectivity index (χ4n) is 2.13. The highest BCUT2D eigenvalue weighted by Gasteiger charge is 2.19. The first kappa shape index (κ1) is 12.1. The first-order valence-electron chi connectivity index (χ1n) is 6.07. The van der Waals surface area contributed by atoms with E-state index in [-0.39, 0.29) is 6.10 Å². The second-order valence-electron chi connectivity index (χ2n) is 4.48. The molecule has 0 aliphatic heterocycles. The van der Waals surface area contributed by atoms with Gasteiger partial charge in [-0.25, -0.2) is 4.98 Å². The lowest BCUT2D eigenvalue weighted by Gasteiger charge is -2.25. The van der Waals surface area contributed by atoms with Gasteiger partial charge in [0.15, 0.2) is 0 Å². The molecule has 0 spiro atoms. The fraction of sp³-hybridized carbons (Fsp3) is 0.667. The maximum absolute atomic E-state index is 9.42. The molecular formula is C12H19N3O2. The van der Waals surface area contributed by atoms with E-state index >= 15 is 0 Å². The van der Waals surface area contributed by atoms with E-state index in [2.05, 4.69) is 15.3 Å². The van der Waals surface area contributed by atoms with Crippen LogP contribution in [-0.2, 0) is 0 Å². The second kappa shape index (κ2) is 5.82. The Morgan fingerprint density at radius 2 is 2.18 bits per heavy atom. The molecule has 1 fully saturated rings. The smallest absolute Gasteiger partial charge is 0.225 e. The molecule has 1 heterocycles. The Bertz CT molecular complexity index is 351. The van der Waals surface area contributed by atoms with Gasteiger partial charge in [0.2, 0.25) is 11.8 Å². The van der Waals surface area contributed by atoms with E-state index < -0.39 is 0 Å². The van der Waals surface area contributed by atoms with Gasteiger partial charge in [0.25, 0.3) is 0 Å². The molecule has 1 aliphatic rings. The van der Waals surface area contributed by atoms with Crippen molar-refractivity contribution in [3.05, 3.63) is 12.3 Å². The number of anilines is 1.